The fourth-order valence-electron chi connectivity index (χ4n) is 2.63. The monoisotopic (exact) mass is 315 g/mol. The van der Waals surface area contributed by atoms with Gasteiger partial charge >= 0.3 is 0 Å². The summed E-state index contributed by atoms with van der Waals surface area (Å²) in [5, 5.41) is 3.58. The second-order valence-corrected chi connectivity index (χ2v) is 5.86. The van der Waals surface area contributed by atoms with E-state index in [4.69, 9.17) is 9.15 Å². The van der Waals surface area contributed by atoms with Crippen LogP contribution >= 0.6 is 15.9 Å². The first-order valence-corrected chi connectivity index (χ1v) is 7.57. The zero-order valence-corrected chi connectivity index (χ0v) is 12.8. The maximum Gasteiger partial charge on any atom is 0.131 e. The molecule has 0 aromatic carbocycles. The summed E-state index contributed by atoms with van der Waals surface area (Å²) in [6, 6.07) is 2.46. The summed E-state index contributed by atoms with van der Waals surface area (Å²) in [6.45, 7) is 6.07. The highest BCUT2D eigenvalue weighted by Gasteiger charge is 2.34. The van der Waals surface area contributed by atoms with E-state index < -0.39 is 0 Å². The van der Waals surface area contributed by atoms with Crippen molar-refractivity contribution in [2.75, 3.05) is 6.61 Å². The molecule has 4 heteroatoms. The first-order valence-electron chi connectivity index (χ1n) is 6.78. The van der Waals surface area contributed by atoms with Crippen molar-refractivity contribution in [1.82, 2.24) is 5.32 Å². The van der Waals surface area contributed by atoms with Crippen molar-refractivity contribution < 1.29 is 9.15 Å². The maximum atomic E-state index is 5.98. The van der Waals surface area contributed by atoms with E-state index in [0.29, 0.717) is 6.04 Å². The third-order valence-corrected chi connectivity index (χ3v) is 4.73. The lowest BCUT2D eigenvalue weighted by Gasteiger charge is -2.40. The van der Waals surface area contributed by atoms with Gasteiger partial charge in [0.1, 0.15) is 5.76 Å². The molecular formula is C14H22BrNO2. The summed E-state index contributed by atoms with van der Waals surface area (Å²) in [7, 11) is 0. The molecule has 1 aromatic heterocycles. The van der Waals surface area contributed by atoms with Crippen molar-refractivity contribution in [2.24, 2.45) is 0 Å². The Kier molecular flexibility index (Phi) is 4.87. The van der Waals surface area contributed by atoms with Gasteiger partial charge in [-0.3, -0.25) is 0 Å². The highest BCUT2D eigenvalue weighted by Crippen LogP contribution is 2.31. The van der Waals surface area contributed by atoms with Gasteiger partial charge < -0.3 is 14.5 Å². The Balaban J connectivity index is 1.88. The minimum Gasteiger partial charge on any atom is -0.467 e. The minimum absolute atomic E-state index is 0.0797. The first kappa shape index (κ1) is 14.1. The molecule has 1 aliphatic heterocycles. The van der Waals surface area contributed by atoms with E-state index in [1.807, 2.05) is 6.07 Å². The van der Waals surface area contributed by atoms with Gasteiger partial charge in [0.2, 0.25) is 0 Å². The normalized spacial score (nSPS) is 23.2. The molecule has 2 rings (SSSR count). The van der Waals surface area contributed by atoms with Crippen LogP contribution in [-0.4, -0.2) is 18.2 Å². The van der Waals surface area contributed by atoms with Gasteiger partial charge in [0.05, 0.1) is 22.9 Å². The van der Waals surface area contributed by atoms with Crippen LogP contribution in [0.4, 0.5) is 0 Å². The number of halogens is 1. The fraction of sp³-hybridized carbons (Fsp3) is 0.714. The Bertz CT molecular complexity index is 374. The average Bonchev–Trinajstić information content (AvgIpc) is 2.82. The molecule has 1 N–H and O–H groups in total. The van der Waals surface area contributed by atoms with Crippen LogP contribution in [0.3, 0.4) is 0 Å². The smallest absolute Gasteiger partial charge is 0.131 e. The van der Waals surface area contributed by atoms with Crippen molar-refractivity contribution in [3.05, 3.63) is 22.6 Å². The molecule has 18 heavy (non-hydrogen) atoms. The molecule has 2 heterocycles. The number of hydrogen-bond donors (Lipinski definition) is 1. The molecule has 0 bridgehead atoms. The van der Waals surface area contributed by atoms with Crippen LogP contribution in [0.25, 0.3) is 0 Å². The topological polar surface area (TPSA) is 34.4 Å². The number of rotatable bonds is 5. The van der Waals surface area contributed by atoms with Gasteiger partial charge in [0.15, 0.2) is 0 Å². The van der Waals surface area contributed by atoms with Gasteiger partial charge in [-0.25, -0.2) is 0 Å². The summed E-state index contributed by atoms with van der Waals surface area (Å²) in [6.07, 6.45) is 6.07. The lowest BCUT2D eigenvalue weighted by Crippen LogP contribution is -2.46. The predicted octanol–water partition coefficient (Wildman–Crippen LogP) is 3.87. The number of ether oxygens (including phenoxy) is 1. The standard InChI is InChI=1S/C14H22BrNO2/c1-3-14(4-2)9-11(5-8-18-14)16-10-13-12(15)6-7-17-13/h6-7,11,16H,3-5,8-10H2,1-2H3. The molecule has 1 aromatic rings. The zero-order chi connectivity index (χ0) is 13.0. The minimum atomic E-state index is 0.0797. The molecule has 1 atom stereocenters. The average molecular weight is 316 g/mol. The van der Waals surface area contributed by atoms with Gasteiger partial charge in [-0.05, 0) is 47.7 Å². The van der Waals surface area contributed by atoms with Crippen LogP contribution in [0.1, 0.15) is 45.3 Å². The number of nitrogens with one attached hydrogen (secondary N) is 1. The Labute approximate surface area is 117 Å². The van der Waals surface area contributed by atoms with Gasteiger partial charge in [-0.1, -0.05) is 13.8 Å². The third-order valence-electron chi connectivity index (χ3n) is 4.02. The van der Waals surface area contributed by atoms with Crippen LogP contribution in [0.5, 0.6) is 0 Å². The molecule has 0 radical (unpaired) electrons. The molecule has 1 fully saturated rings. The second kappa shape index (κ2) is 6.22. The molecular weight excluding hydrogens is 294 g/mol. The van der Waals surface area contributed by atoms with E-state index >= 15 is 0 Å². The lowest BCUT2D eigenvalue weighted by molar-refractivity contribution is -0.0933. The second-order valence-electron chi connectivity index (χ2n) is 5.00. The van der Waals surface area contributed by atoms with Gasteiger partial charge in [-0.15, -0.1) is 0 Å². The summed E-state index contributed by atoms with van der Waals surface area (Å²) in [5.74, 6) is 0.972. The Morgan fingerprint density at radius 1 is 1.44 bits per heavy atom. The highest BCUT2D eigenvalue weighted by atomic mass is 79.9. The van der Waals surface area contributed by atoms with Crippen LogP contribution in [0.15, 0.2) is 21.2 Å². The molecule has 0 aliphatic carbocycles. The van der Waals surface area contributed by atoms with Gasteiger partial charge in [-0.2, -0.15) is 0 Å². The van der Waals surface area contributed by atoms with Gasteiger partial charge in [0, 0.05) is 12.6 Å². The van der Waals surface area contributed by atoms with Gasteiger partial charge in [0.25, 0.3) is 0 Å². The Morgan fingerprint density at radius 3 is 2.83 bits per heavy atom. The van der Waals surface area contributed by atoms with E-state index in [9.17, 15) is 0 Å². The van der Waals surface area contributed by atoms with E-state index in [-0.39, 0.29) is 5.60 Å². The van der Waals surface area contributed by atoms with Crippen molar-refractivity contribution in [3.63, 3.8) is 0 Å². The van der Waals surface area contributed by atoms with Crippen LogP contribution < -0.4 is 5.32 Å². The van der Waals surface area contributed by atoms with Crippen LogP contribution in [0.2, 0.25) is 0 Å². The zero-order valence-electron chi connectivity index (χ0n) is 11.2. The van der Waals surface area contributed by atoms with E-state index in [1.54, 1.807) is 6.26 Å². The Hall–Kier alpha value is -0.320. The maximum absolute atomic E-state index is 5.98. The summed E-state index contributed by atoms with van der Waals surface area (Å²) in [4.78, 5) is 0. The first-order chi connectivity index (χ1) is 8.69. The Morgan fingerprint density at radius 2 is 2.22 bits per heavy atom. The van der Waals surface area contributed by atoms with Crippen molar-refractivity contribution in [1.29, 1.82) is 0 Å². The molecule has 1 unspecified atom stereocenters. The summed E-state index contributed by atoms with van der Waals surface area (Å²) >= 11 is 3.48. The highest BCUT2D eigenvalue weighted by molar-refractivity contribution is 9.10. The summed E-state index contributed by atoms with van der Waals surface area (Å²) in [5.41, 5.74) is 0.0797. The number of furan rings is 1. The lowest BCUT2D eigenvalue weighted by atomic mass is 9.86. The molecule has 1 aliphatic rings. The molecule has 3 nitrogen and oxygen atoms in total. The van der Waals surface area contributed by atoms with E-state index in [1.165, 1.54) is 0 Å². The van der Waals surface area contributed by atoms with Crippen molar-refractivity contribution >= 4 is 15.9 Å². The third kappa shape index (κ3) is 3.16. The predicted molar refractivity (Wildman–Crippen MR) is 75.5 cm³/mol. The molecule has 0 amide bonds. The van der Waals surface area contributed by atoms with Crippen LogP contribution in [-0.2, 0) is 11.3 Å². The van der Waals surface area contributed by atoms with E-state index in [2.05, 4.69) is 35.1 Å². The molecule has 0 saturated carbocycles. The quantitative estimate of drug-likeness (QED) is 0.895. The molecule has 0 spiro atoms. The largest absolute Gasteiger partial charge is 0.467 e. The van der Waals surface area contributed by atoms with Crippen molar-refractivity contribution in [3.8, 4) is 0 Å². The fourth-order valence-corrected chi connectivity index (χ4v) is 2.97. The SMILES string of the molecule is CCC1(CC)CC(NCc2occc2Br)CCO1. The van der Waals surface area contributed by atoms with Crippen LogP contribution in [0, 0.1) is 0 Å². The summed E-state index contributed by atoms with van der Waals surface area (Å²) < 4.78 is 12.4. The molecule has 1 saturated heterocycles. The van der Waals surface area contributed by atoms with E-state index in [0.717, 1.165) is 49.1 Å². The number of hydrogen-bond acceptors (Lipinski definition) is 3. The molecule has 102 valence electrons. The van der Waals surface area contributed by atoms with Crippen molar-refractivity contribution in [2.45, 2.75) is 57.7 Å².